The summed E-state index contributed by atoms with van der Waals surface area (Å²) in [7, 11) is 0. The van der Waals surface area contributed by atoms with Crippen molar-refractivity contribution in [1.29, 1.82) is 0 Å². The number of carbonyl (C=O) groups is 1. The van der Waals surface area contributed by atoms with Gasteiger partial charge in [-0.15, -0.1) is 0 Å². The van der Waals surface area contributed by atoms with Crippen LogP contribution in [0.2, 0.25) is 0 Å². The van der Waals surface area contributed by atoms with Crippen molar-refractivity contribution < 1.29 is 9.90 Å². The summed E-state index contributed by atoms with van der Waals surface area (Å²) in [6.07, 6.45) is 3.62. The smallest absolute Gasteiger partial charge is 0.323 e. The fraction of sp³-hybridized carbons (Fsp3) is 0.125. The summed E-state index contributed by atoms with van der Waals surface area (Å²) in [6.45, 7) is 0.471. The van der Waals surface area contributed by atoms with E-state index in [2.05, 4.69) is 9.97 Å². The first-order valence-corrected chi connectivity index (χ1v) is 6.67. The minimum Gasteiger partial charge on any atom is -0.480 e. The van der Waals surface area contributed by atoms with Gasteiger partial charge in [0.1, 0.15) is 12.2 Å². The minimum atomic E-state index is -0.850. The Labute approximate surface area is 121 Å². The summed E-state index contributed by atoms with van der Waals surface area (Å²) in [5, 5.41) is 10.1. The molecular weight excluding hydrogens is 266 g/mol. The van der Waals surface area contributed by atoms with Gasteiger partial charge in [0.25, 0.3) is 0 Å². The number of H-pyrrole nitrogens is 1. The van der Waals surface area contributed by atoms with Crippen LogP contribution >= 0.6 is 0 Å². The molecule has 0 fully saturated rings. The average Bonchev–Trinajstić information content (AvgIpc) is 2.90. The first-order chi connectivity index (χ1) is 10.2. The van der Waals surface area contributed by atoms with Crippen LogP contribution in [-0.4, -0.2) is 27.6 Å². The molecule has 0 unspecified atom stereocenters. The highest BCUT2D eigenvalue weighted by atomic mass is 16.4. The van der Waals surface area contributed by atoms with Gasteiger partial charge in [0, 0.05) is 30.0 Å². The topological polar surface area (TPSA) is 69.2 Å². The number of hydrogen-bond donors (Lipinski definition) is 2. The third kappa shape index (κ3) is 2.86. The van der Waals surface area contributed by atoms with E-state index in [1.165, 1.54) is 0 Å². The molecule has 0 aliphatic rings. The number of para-hydroxylation sites is 1. The number of fused-ring (bicyclic) bond motifs is 1. The van der Waals surface area contributed by atoms with Gasteiger partial charge >= 0.3 is 5.97 Å². The van der Waals surface area contributed by atoms with E-state index in [1.807, 2.05) is 53.6 Å². The van der Waals surface area contributed by atoms with Crippen molar-refractivity contribution in [3.8, 4) is 0 Å². The lowest BCUT2D eigenvalue weighted by Crippen LogP contribution is -2.29. The monoisotopic (exact) mass is 281 g/mol. The van der Waals surface area contributed by atoms with Crippen molar-refractivity contribution in [3.63, 3.8) is 0 Å². The van der Waals surface area contributed by atoms with Crippen LogP contribution in [0.4, 0.5) is 5.69 Å². The summed E-state index contributed by atoms with van der Waals surface area (Å²) in [6, 6.07) is 13.4. The largest absolute Gasteiger partial charge is 0.480 e. The Morgan fingerprint density at radius 1 is 1.19 bits per heavy atom. The minimum absolute atomic E-state index is 0.0447. The van der Waals surface area contributed by atoms with Crippen molar-refractivity contribution in [2.24, 2.45) is 0 Å². The number of aliphatic carboxylic acids is 1. The van der Waals surface area contributed by atoms with E-state index in [4.69, 9.17) is 5.11 Å². The van der Waals surface area contributed by atoms with Crippen LogP contribution in [-0.2, 0) is 11.3 Å². The maximum atomic E-state index is 11.1. The molecule has 0 aliphatic carbocycles. The van der Waals surface area contributed by atoms with Crippen molar-refractivity contribution in [3.05, 3.63) is 60.4 Å². The zero-order valence-electron chi connectivity index (χ0n) is 11.4. The number of carboxylic acid groups (broad SMARTS) is 1. The Hall–Kier alpha value is -2.82. The molecule has 0 saturated carbocycles. The zero-order chi connectivity index (χ0) is 14.7. The molecule has 21 heavy (non-hydrogen) atoms. The predicted octanol–water partition coefficient (Wildman–Crippen LogP) is 2.65. The number of pyridine rings is 1. The first kappa shape index (κ1) is 13.2. The third-order valence-corrected chi connectivity index (χ3v) is 3.35. The summed E-state index contributed by atoms with van der Waals surface area (Å²) < 4.78 is 0. The van der Waals surface area contributed by atoms with E-state index in [0.717, 1.165) is 22.3 Å². The van der Waals surface area contributed by atoms with Gasteiger partial charge in [-0.1, -0.05) is 18.2 Å². The SMILES string of the molecule is O=C(O)CN(Cc1c[nH]c2ncccc12)c1ccccc1. The number of carboxylic acids is 1. The Kier molecular flexibility index (Phi) is 3.55. The Bertz CT molecular complexity index is 752. The van der Waals surface area contributed by atoms with E-state index in [-0.39, 0.29) is 6.54 Å². The van der Waals surface area contributed by atoms with Crippen molar-refractivity contribution in [2.75, 3.05) is 11.4 Å². The molecule has 106 valence electrons. The number of rotatable bonds is 5. The van der Waals surface area contributed by atoms with Gasteiger partial charge in [0.2, 0.25) is 0 Å². The molecule has 3 rings (SSSR count). The molecule has 0 spiro atoms. The number of aromatic amines is 1. The predicted molar refractivity (Wildman–Crippen MR) is 81.2 cm³/mol. The van der Waals surface area contributed by atoms with Crippen LogP contribution in [0.5, 0.6) is 0 Å². The maximum Gasteiger partial charge on any atom is 0.323 e. The lowest BCUT2D eigenvalue weighted by atomic mass is 10.2. The highest BCUT2D eigenvalue weighted by Crippen LogP contribution is 2.21. The number of aromatic nitrogens is 2. The second-order valence-electron chi connectivity index (χ2n) is 4.80. The van der Waals surface area contributed by atoms with Crippen molar-refractivity contribution in [2.45, 2.75) is 6.54 Å². The van der Waals surface area contributed by atoms with Crippen LogP contribution < -0.4 is 4.90 Å². The molecule has 5 nitrogen and oxygen atoms in total. The number of benzene rings is 1. The fourth-order valence-corrected chi connectivity index (χ4v) is 2.39. The van der Waals surface area contributed by atoms with Crippen molar-refractivity contribution >= 4 is 22.7 Å². The fourth-order valence-electron chi connectivity index (χ4n) is 2.39. The van der Waals surface area contributed by atoms with E-state index in [0.29, 0.717) is 6.54 Å². The summed E-state index contributed by atoms with van der Waals surface area (Å²) in [5.41, 5.74) is 2.73. The molecule has 0 aliphatic heterocycles. The average molecular weight is 281 g/mol. The molecular formula is C16H15N3O2. The molecule has 0 radical (unpaired) electrons. The van der Waals surface area contributed by atoms with Gasteiger partial charge in [-0.3, -0.25) is 4.79 Å². The molecule has 0 atom stereocenters. The third-order valence-electron chi connectivity index (χ3n) is 3.35. The highest BCUT2D eigenvalue weighted by molar-refractivity contribution is 5.80. The van der Waals surface area contributed by atoms with E-state index < -0.39 is 5.97 Å². The van der Waals surface area contributed by atoms with Crippen LogP contribution in [0.25, 0.3) is 11.0 Å². The molecule has 0 bridgehead atoms. The van der Waals surface area contributed by atoms with Crippen LogP contribution in [0.15, 0.2) is 54.9 Å². The first-order valence-electron chi connectivity index (χ1n) is 6.67. The highest BCUT2D eigenvalue weighted by Gasteiger charge is 2.13. The second kappa shape index (κ2) is 5.66. The van der Waals surface area contributed by atoms with Gasteiger partial charge < -0.3 is 15.0 Å². The quantitative estimate of drug-likeness (QED) is 0.754. The molecule has 5 heteroatoms. The number of anilines is 1. The van der Waals surface area contributed by atoms with Crippen LogP contribution in [0.3, 0.4) is 0 Å². The van der Waals surface area contributed by atoms with Crippen molar-refractivity contribution in [1.82, 2.24) is 9.97 Å². The van der Waals surface area contributed by atoms with Crippen LogP contribution in [0.1, 0.15) is 5.56 Å². The zero-order valence-corrected chi connectivity index (χ0v) is 11.4. The molecule has 0 amide bonds. The van der Waals surface area contributed by atoms with E-state index >= 15 is 0 Å². The van der Waals surface area contributed by atoms with Gasteiger partial charge in [-0.25, -0.2) is 4.98 Å². The number of hydrogen-bond acceptors (Lipinski definition) is 3. The Morgan fingerprint density at radius 3 is 2.76 bits per heavy atom. The lowest BCUT2D eigenvalue weighted by Gasteiger charge is -2.22. The van der Waals surface area contributed by atoms with Gasteiger partial charge in [-0.2, -0.15) is 0 Å². The Balaban J connectivity index is 1.93. The second-order valence-corrected chi connectivity index (χ2v) is 4.80. The Morgan fingerprint density at radius 2 is 2.00 bits per heavy atom. The lowest BCUT2D eigenvalue weighted by molar-refractivity contribution is -0.135. The van der Waals surface area contributed by atoms with Gasteiger partial charge in [0.05, 0.1) is 0 Å². The normalized spacial score (nSPS) is 10.7. The summed E-state index contributed by atoms with van der Waals surface area (Å²) in [4.78, 5) is 20.3. The molecule has 2 heterocycles. The van der Waals surface area contributed by atoms with Crippen LogP contribution in [0, 0.1) is 0 Å². The van der Waals surface area contributed by atoms with E-state index in [9.17, 15) is 4.79 Å². The number of nitrogens with zero attached hydrogens (tertiary/aromatic N) is 2. The summed E-state index contributed by atoms with van der Waals surface area (Å²) in [5.74, 6) is -0.850. The van der Waals surface area contributed by atoms with Gasteiger partial charge in [-0.05, 0) is 29.8 Å². The maximum absolute atomic E-state index is 11.1. The molecule has 3 aromatic rings. The molecule has 2 N–H and O–H groups in total. The molecule has 0 saturated heterocycles. The molecule has 2 aromatic heterocycles. The van der Waals surface area contributed by atoms with Gasteiger partial charge in [0.15, 0.2) is 0 Å². The summed E-state index contributed by atoms with van der Waals surface area (Å²) >= 11 is 0. The van der Waals surface area contributed by atoms with E-state index in [1.54, 1.807) is 6.20 Å². The molecule has 1 aromatic carbocycles. The number of nitrogens with one attached hydrogen (secondary N) is 1. The standard InChI is InChI=1S/C16H15N3O2/c20-15(21)11-19(13-5-2-1-3-6-13)10-12-9-18-16-14(12)7-4-8-17-16/h1-9H,10-11H2,(H,17,18)(H,20,21).